The fourth-order valence-electron chi connectivity index (χ4n) is 3.31. The zero-order valence-electron chi connectivity index (χ0n) is 13.9. The van der Waals surface area contributed by atoms with Crippen molar-refractivity contribution in [3.8, 4) is 5.75 Å². The number of hydrogen-bond acceptors (Lipinski definition) is 6. The Balaban J connectivity index is 1.38. The molecule has 0 spiro atoms. The first-order valence-electron chi connectivity index (χ1n) is 8.29. The van der Waals surface area contributed by atoms with E-state index in [9.17, 15) is 4.79 Å². The van der Waals surface area contributed by atoms with Gasteiger partial charge in [-0.25, -0.2) is 4.68 Å². The van der Waals surface area contributed by atoms with Crippen LogP contribution < -0.4 is 10.1 Å². The third-order valence-corrected chi connectivity index (χ3v) is 4.44. The maximum atomic E-state index is 11.3. The largest absolute Gasteiger partial charge is 0.487 e. The molecule has 1 aromatic heterocycles. The van der Waals surface area contributed by atoms with Crippen molar-refractivity contribution >= 4 is 5.91 Å². The van der Waals surface area contributed by atoms with Gasteiger partial charge in [0, 0.05) is 6.92 Å². The van der Waals surface area contributed by atoms with Crippen LogP contribution in [0, 0.1) is 0 Å². The first-order chi connectivity index (χ1) is 12.2. The molecule has 2 fully saturated rings. The zero-order valence-corrected chi connectivity index (χ0v) is 13.9. The van der Waals surface area contributed by atoms with Crippen molar-refractivity contribution in [2.75, 3.05) is 13.2 Å². The second kappa shape index (κ2) is 6.81. The van der Waals surface area contributed by atoms with Crippen LogP contribution in [0.2, 0.25) is 0 Å². The van der Waals surface area contributed by atoms with Gasteiger partial charge in [0.2, 0.25) is 5.91 Å². The summed E-state index contributed by atoms with van der Waals surface area (Å²) in [6.07, 6.45) is 1.57. The first-order valence-corrected chi connectivity index (χ1v) is 8.29. The summed E-state index contributed by atoms with van der Waals surface area (Å²) in [5.74, 6) is 0.709. The highest BCUT2D eigenvalue weighted by atomic mass is 16.6. The number of aromatic nitrogens is 3. The van der Waals surface area contributed by atoms with E-state index in [1.54, 1.807) is 4.68 Å². The molecule has 0 aliphatic carbocycles. The molecule has 2 aliphatic heterocycles. The Morgan fingerprint density at radius 1 is 1.28 bits per heavy atom. The lowest BCUT2D eigenvalue weighted by molar-refractivity contribution is -0.120. The number of nitrogens with one attached hydrogen (secondary N) is 1. The van der Waals surface area contributed by atoms with Crippen LogP contribution in [0.15, 0.2) is 36.5 Å². The van der Waals surface area contributed by atoms with Gasteiger partial charge in [0.1, 0.15) is 36.3 Å². The Labute approximate surface area is 145 Å². The van der Waals surface area contributed by atoms with E-state index < -0.39 is 0 Å². The third-order valence-electron chi connectivity index (χ3n) is 4.44. The van der Waals surface area contributed by atoms with Gasteiger partial charge in [-0.3, -0.25) is 4.79 Å². The molecule has 2 aliphatic rings. The topological polar surface area (TPSA) is 87.5 Å². The van der Waals surface area contributed by atoms with Gasteiger partial charge < -0.3 is 19.5 Å². The van der Waals surface area contributed by atoms with Gasteiger partial charge in [-0.05, 0) is 12.1 Å². The van der Waals surface area contributed by atoms with Crippen LogP contribution in [-0.2, 0) is 20.9 Å². The molecule has 3 heterocycles. The smallest absolute Gasteiger partial charge is 0.217 e. The molecule has 132 valence electrons. The molecule has 0 radical (unpaired) electrons. The number of fused-ring (bicyclic) bond motifs is 1. The minimum atomic E-state index is -0.151. The summed E-state index contributed by atoms with van der Waals surface area (Å²) >= 11 is 0. The number of para-hydroxylation sites is 1. The van der Waals surface area contributed by atoms with Gasteiger partial charge in [-0.2, -0.15) is 0 Å². The summed E-state index contributed by atoms with van der Waals surface area (Å²) in [4.78, 5) is 11.3. The molecule has 8 nitrogen and oxygen atoms in total. The first kappa shape index (κ1) is 16.0. The predicted octanol–water partition coefficient (Wildman–Crippen LogP) is 0.700. The van der Waals surface area contributed by atoms with Crippen LogP contribution in [0.1, 0.15) is 18.7 Å². The van der Waals surface area contributed by atoms with Crippen LogP contribution in [0.25, 0.3) is 0 Å². The molecule has 2 saturated heterocycles. The highest BCUT2D eigenvalue weighted by Gasteiger charge is 2.49. The van der Waals surface area contributed by atoms with E-state index in [1.807, 2.05) is 36.5 Å². The van der Waals surface area contributed by atoms with Crippen molar-refractivity contribution in [3.63, 3.8) is 0 Å². The van der Waals surface area contributed by atoms with Crippen LogP contribution in [0.3, 0.4) is 0 Å². The van der Waals surface area contributed by atoms with Gasteiger partial charge >= 0.3 is 0 Å². The van der Waals surface area contributed by atoms with Crippen LogP contribution in [0.5, 0.6) is 5.75 Å². The second-order valence-corrected chi connectivity index (χ2v) is 6.26. The molecule has 1 amide bonds. The fourth-order valence-corrected chi connectivity index (χ4v) is 3.31. The standard InChI is InChI=1S/C17H20N4O4/c1-11(22)18-14-9-24-17-15(10-25-16(14)17)21-7-12(19-20-21)8-23-13-5-3-2-4-6-13/h2-7,14-17H,8-10H2,1H3,(H,18,22). The molecule has 1 N–H and O–H groups in total. The SMILES string of the molecule is CC(=O)NC1COC2C1OCC2n1cc(COc2ccccc2)nn1. The summed E-state index contributed by atoms with van der Waals surface area (Å²) in [6, 6.07) is 9.41. The lowest BCUT2D eigenvalue weighted by atomic mass is 10.1. The Kier molecular flexibility index (Phi) is 4.37. The monoisotopic (exact) mass is 344 g/mol. The lowest BCUT2D eigenvalue weighted by Gasteiger charge is -2.16. The molecule has 4 rings (SSSR count). The predicted molar refractivity (Wildman–Crippen MR) is 86.9 cm³/mol. The molecular formula is C17H20N4O4. The number of rotatable bonds is 5. The second-order valence-electron chi connectivity index (χ2n) is 6.26. The van der Waals surface area contributed by atoms with E-state index in [2.05, 4.69) is 15.6 Å². The summed E-state index contributed by atoms with van der Waals surface area (Å²) in [6.45, 7) is 2.77. The van der Waals surface area contributed by atoms with Gasteiger partial charge in [0.15, 0.2) is 0 Å². The molecule has 8 heteroatoms. The van der Waals surface area contributed by atoms with Crippen molar-refractivity contribution < 1.29 is 19.0 Å². The van der Waals surface area contributed by atoms with Crippen molar-refractivity contribution in [3.05, 3.63) is 42.2 Å². The van der Waals surface area contributed by atoms with Gasteiger partial charge in [0.05, 0.1) is 25.5 Å². The number of carbonyl (C=O) groups is 1. The maximum absolute atomic E-state index is 11.3. The van der Waals surface area contributed by atoms with Crippen molar-refractivity contribution in [2.45, 2.75) is 37.8 Å². The Hall–Kier alpha value is -2.45. The molecule has 4 atom stereocenters. The number of carbonyl (C=O) groups excluding carboxylic acids is 1. The van der Waals surface area contributed by atoms with E-state index in [0.29, 0.717) is 19.8 Å². The van der Waals surface area contributed by atoms with Crippen molar-refractivity contribution in [1.82, 2.24) is 20.3 Å². The van der Waals surface area contributed by atoms with E-state index in [1.165, 1.54) is 6.92 Å². The molecule has 0 bridgehead atoms. The average Bonchev–Trinajstić information content (AvgIpc) is 3.31. The zero-order chi connectivity index (χ0) is 17.2. The molecule has 4 unspecified atom stereocenters. The van der Waals surface area contributed by atoms with Gasteiger partial charge in [-0.15, -0.1) is 5.10 Å². The minimum Gasteiger partial charge on any atom is -0.487 e. The molecular weight excluding hydrogens is 324 g/mol. The highest BCUT2D eigenvalue weighted by molar-refractivity contribution is 5.73. The molecule has 25 heavy (non-hydrogen) atoms. The van der Waals surface area contributed by atoms with E-state index >= 15 is 0 Å². The van der Waals surface area contributed by atoms with E-state index in [0.717, 1.165) is 11.4 Å². The number of nitrogens with zero attached hydrogens (tertiary/aromatic N) is 3. The number of ether oxygens (including phenoxy) is 3. The normalized spacial score (nSPS) is 27.9. The van der Waals surface area contributed by atoms with Crippen LogP contribution in [-0.4, -0.2) is 52.4 Å². The molecule has 1 aromatic carbocycles. The minimum absolute atomic E-state index is 0.0540. The summed E-state index contributed by atoms with van der Waals surface area (Å²) in [5.41, 5.74) is 0.740. The number of benzene rings is 1. The fraction of sp³-hybridized carbons (Fsp3) is 0.471. The van der Waals surface area contributed by atoms with E-state index in [-0.39, 0.29) is 30.2 Å². The Morgan fingerprint density at radius 2 is 2.08 bits per heavy atom. The third kappa shape index (κ3) is 3.35. The van der Waals surface area contributed by atoms with Crippen LogP contribution >= 0.6 is 0 Å². The summed E-state index contributed by atoms with van der Waals surface area (Å²) in [7, 11) is 0. The van der Waals surface area contributed by atoms with Gasteiger partial charge in [0.25, 0.3) is 0 Å². The van der Waals surface area contributed by atoms with E-state index in [4.69, 9.17) is 14.2 Å². The lowest BCUT2D eigenvalue weighted by Crippen LogP contribution is -2.43. The Bertz CT molecular complexity index is 735. The van der Waals surface area contributed by atoms with Crippen LogP contribution in [0.4, 0.5) is 0 Å². The number of amides is 1. The summed E-state index contributed by atoms with van der Waals surface area (Å²) < 4.78 is 19.1. The molecule has 2 aromatic rings. The summed E-state index contributed by atoms with van der Waals surface area (Å²) in [5, 5.41) is 11.2. The van der Waals surface area contributed by atoms with Crippen molar-refractivity contribution in [1.29, 1.82) is 0 Å². The van der Waals surface area contributed by atoms with Crippen molar-refractivity contribution in [2.24, 2.45) is 0 Å². The average molecular weight is 344 g/mol. The quantitative estimate of drug-likeness (QED) is 0.859. The maximum Gasteiger partial charge on any atom is 0.217 e. The van der Waals surface area contributed by atoms with Gasteiger partial charge in [-0.1, -0.05) is 23.4 Å². The molecule has 0 saturated carbocycles. The Morgan fingerprint density at radius 3 is 2.88 bits per heavy atom. The highest BCUT2D eigenvalue weighted by Crippen LogP contribution is 2.33. The number of hydrogen-bond donors (Lipinski definition) is 1.